The number of nitrogens with one attached hydrogen (secondary N) is 1. The largest absolute Gasteiger partial charge is 0.418 e. The molecule has 0 radical (unpaired) electrons. The topological polar surface area (TPSA) is 89.3 Å². The smallest absolute Gasteiger partial charge is 0.380 e. The van der Waals surface area contributed by atoms with Crippen LogP contribution >= 0.6 is 0 Å². The number of carbonyl (C=O) groups is 1. The van der Waals surface area contributed by atoms with Crippen LogP contribution in [-0.4, -0.2) is 57.5 Å². The van der Waals surface area contributed by atoms with E-state index in [1.165, 1.54) is 10.9 Å². The third-order valence-electron chi connectivity index (χ3n) is 4.04. The lowest BCUT2D eigenvalue weighted by molar-refractivity contribution is -0.249. The van der Waals surface area contributed by atoms with Gasteiger partial charge in [0.15, 0.2) is 11.3 Å². The number of aromatic nitrogens is 3. The van der Waals surface area contributed by atoms with E-state index >= 15 is 0 Å². The molecule has 2 N–H and O–H groups in total. The summed E-state index contributed by atoms with van der Waals surface area (Å²) in [6.07, 6.45) is -2.59. The molecular weight excluding hydrogens is 317 g/mol. The molecule has 1 fully saturated rings. The number of rotatable bonds is 6. The van der Waals surface area contributed by atoms with Gasteiger partial charge < -0.3 is 15.2 Å². The van der Waals surface area contributed by atoms with Gasteiger partial charge in [-0.3, -0.25) is 9.48 Å². The van der Waals surface area contributed by atoms with Crippen molar-refractivity contribution < 1.29 is 27.8 Å². The third-order valence-corrected chi connectivity index (χ3v) is 4.04. The van der Waals surface area contributed by atoms with E-state index in [4.69, 9.17) is 4.74 Å². The van der Waals surface area contributed by atoms with Gasteiger partial charge in [0.05, 0.1) is 32.5 Å². The summed E-state index contributed by atoms with van der Waals surface area (Å²) >= 11 is 0. The molecule has 0 aromatic carbocycles. The number of aliphatic hydroxyl groups is 1. The van der Waals surface area contributed by atoms with Gasteiger partial charge in [0.1, 0.15) is 0 Å². The molecular formula is C13H19F3N4O3. The lowest BCUT2D eigenvalue weighted by Gasteiger charge is -2.40. The molecule has 1 aromatic rings. The molecule has 1 amide bonds. The Balaban J connectivity index is 1.94. The Kier molecular flexibility index (Phi) is 4.67. The molecule has 1 aliphatic heterocycles. The summed E-state index contributed by atoms with van der Waals surface area (Å²) < 4.78 is 44.2. The maximum atomic E-state index is 12.5. The highest BCUT2D eigenvalue weighted by Crippen LogP contribution is 2.32. The number of hydrogen-bond donors (Lipinski definition) is 2. The van der Waals surface area contributed by atoms with Crippen molar-refractivity contribution in [1.29, 1.82) is 0 Å². The monoisotopic (exact) mass is 336 g/mol. The summed E-state index contributed by atoms with van der Waals surface area (Å²) in [6, 6.07) is 0. The van der Waals surface area contributed by atoms with Gasteiger partial charge in [-0.1, -0.05) is 12.1 Å². The fourth-order valence-electron chi connectivity index (χ4n) is 2.06. The lowest BCUT2D eigenvalue weighted by Crippen LogP contribution is -2.51. The second-order valence-electron chi connectivity index (χ2n) is 6.10. The molecule has 10 heteroatoms. The zero-order valence-corrected chi connectivity index (χ0v) is 12.9. The SMILES string of the molecule is CCC1(Cn2cc(C(=O)NC[C@](C)(O)C(F)(F)F)nn2)COC1. The van der Waals surface area contributed by atoms with Crippen molar-refractivity contribution in [2.24, 2.45) is 5.41 Å². The Labute approximate surface area is 130 Å². The molecule has 1 atom stereocenters. The van der Waals surface area contributed by atoms with Gasteiger partial charge in [0.25, 0.3) is 5.91 Å². The van der Waals surface area contributed by atoms with Crippen molar-refractivity contribution in [2.75, 3.05) is 19.8 Å². The van der Waals surface area contributed by atoms with Gasteiger partial charge in [0, 0.05) is 5.41 Å². The first-order chi connectivity index (χ1) is 10.6. The first-order valence-corrected chi connectivity index (χ1v) is 7.14. The van der Waals surface area contributed by atoms with E-state index in [2.05, 4.69) is 10.3 Å². The van der Waals surface area contributed by atoms with Crippen molar-refractivity contribution >= 4 is 5.91 Å². The summed E-state index contributed by atoms with van der Waals surface area (Å²) in [7, 11) is 0. The number of nitrogens with zero attached hydrogens (tertiary/aromatic N) is 3. The minimum absolute atomic E-state index is 0.0403. The van der Waals surface area contributed by atoms with E-state index in [1.807, 2.05) is 12.2 Å². The summed E-state index contributed by atoms with van der Waals surface area (Å²) in [4.78, 5) is 11.8. The van der Waals surface area contributed by atoms with Crippen LogP contribution in [-0.2, 0) is 11.3 Å². The summed E-state index contributed by atoms with van der Waals surface area (Å²) in [5.74, 6) is -0.823. The van der Waals surface area contributed by atoms with Crippen molar-refractivity contribution in [3.63, 3.8) is 0 Å². The number of hydrogen-bond acceptors (Lipinski definition) is 5. The Morgan fingerprint density at radius 1 is 1.52 bits per heavy atom. The van der Waals surface area contributed by atoms with Gasteiger partial charge in [0.2, 0.25) is 0 Å². The maximum absolute atomic E-state index is 12.5. The van der Waals surface area contributed by atoms with Gasteiger partial charge in [-0.2, -0.15) is 13.2 Å². The summed E-state index contributed by atoms with van der Waals surface area (Å²) in [5.41, 5.74) is -3.15. The zero-order chi connectivity index (χ0) is 17.3. The molecule has 0 saturated carbocycles. The average molecular weight is 336 g/mol. The van der Waals surface area contributed by atoms with Crippen LogP contribution in [0.1, 0.15) is 30.8 Å². The van der Waals surface area contributed by atoms with Crippen LogP contribution in [0.5, 0.6) is 0 Å². The number of alkyl halides is 3. The Morgan fingerprint density at radius 3 is 2.65 bits per heavy atom. The Bertz CT molecular complexity index is 562. The second-order valence-corrected chi connectivity index (χ2v) is 6.10. The molecule has 2 rings (SSSR count). The zero-order valence-electron chi connectivity index (χ0n) is 12.9. The molecule has 1 aliphatic rings. The van der Waals surface area contributed by atoms with Crippen molar-refractivity contribution in [3.8, 4) is 0 Å². The standard InChI is InChI=1S/C13H19F3N4O3/c1-3-12(7-23-8-12)6-20-4-9(18-19-20)10(21)17-5-11(2,22)13(14,15)16/h4,22H,3,5-8H2,1-2H3,(H,17,21)/t11-/m0/s1. The summed E-state index contributed by atoms with van der Waals surface area (Å²) in [5, 5.41) is 18.8. The van der Waals surface area contributed by atoms with Gasteiger partial charge >= 0.3 is 6.18 Å². The number of carbonyl (C=O) groups excluding carboxylic acids is 1. The number of halogens is 3. The van der Waals surface area contributed by atoms with Crippen LogP contribution in [0.4, 0.5) is 13.2 Å². The molecule has 2 heterocycles. The third kappa shape index (κ3) is 3.81. The molecule has 0 bridgehead atoms. The molecule has 0 unspecified atom stereocenters. The minimum Gasteiger partial charge on any atom is -0.380 e. The van der Waals surface area contributed by atoms with Crippen molar-refractivity contribution in [3.05, 3.63) is 11.9 Å². The fraction of sp³-hybridized carbons (Fsp3) is 0.769. The lowest BCUT2D eigenvalue weighted by atomic mass is 9.83. The van der Waals surface area contributed by atoms with Crippen LogP contribution in [0.2, 0.25) is 0 Å². The predicted molar refractivity (Wildman–Crippen MR) is 72.6 cm³/mol. The minimum atomic E-state index is -4.84. The molecule has 0 aliphatic carbocycles. The number of amides is 1. The Hall–Kier alpha value is -1.68. The van der Waals surface area contributed by atoms with E-state index in [9.17, 15) is 23.1 Å². The molecule has 130 valence electrons. The van der Waals surface area contributed by atoms with Crippen LogP contribution in [0.25, 0.3) is 0 Å². The van der Waals surface area contributed by atoms with Crippen molar-refractivity contribution in [2.45, 2.75) is 38.6 Å². The first-order valence-electron chi connectivity index (χ1n) is 7.14. The maximum Gasteiger partial charge on any atom is 0.418 e. The van der Waals surface area contributed by atoms with Crippen LogP contribution in [0.15, 0.2) is 6.20 Å². The molecule has 1 aromatic heterocycles. The predicted octanol–water partition coefficient (Wildman–Crippen LogP) is 0.748. The average Bonchev–Trinajstić information content (AvgIpc) is 2.87. The highest BCUT2D eigenvalue weighted by Gasteiger charge is 2.50. The van der Waals surface area contributed by atoms with Crippen LogP contribution in [0.3, 0.4) is 0 Å². The second kappa shape index (κ2) is 6.08. The van der Waals surface area contributed by atoms with E-state index < -0.39 is 24.2 Å². The van der Waals surface area contributed by atoms with Gasteiger partial charge in [-0.15, -0.1) is 5.10 Å². The Morgan fingerprint density at radius 2 is 2.17 bits per heavy atom. The van der Waals surface area contributed by atoms with E-state index in [0.717, 1.165) is 6.42 Å². The normalized spacial score (nSPS) is 19.7. The van der Waals surface area contributed by atoms with Crippen molar-refractivity contribution in [1.82, 2.24) is 20.3 Å². The van der Waals surface area contributed by atoms with Crippen LogP contribution in [0, 0.1) is 5.41 Å². The highest BCUT2D eigenvalue weighted by atomic mass is 19.4. The van der Waals surface area contributed by atoms with Crippen LogP contribution < -0.4 is 5.32 Å². The molecule has 1 saturated heterocycles. The molecule has 7 nitrogen and oxygen atoms in total. The molecule has 23 heavy (non-hydrogen) atoms. The molecule has 0 spiro atoms. The van der Waals surface area contributed by atoms with E-state index in [-0.39, 0.29) is 11.1 Å². The highest BCUT2D eigenvalue weighted by molar-refractivity contribution is 5.91. The first kappa shape index (κ1) is 17.7. The van der Waals surface area contributed by atoms with E-state index in [0.29, 0.717) is 26.7 Å². The van der Waals surface area contributed by atoms with E-state index in [1.54, 1.807) is 0 Å². The fourth-order valence-corrected chi connectivity index (χ4v) is 2.06. The quantitative estimate of drug-likeness (QED) is 0.800. The van der Waals surface area contributed by atoms with Gasteiger partial charge in [-0.25, -0.2) is 0 Å². The summed E-state index contributed by atoms with van der Waals surface area (Å²) in [6.45, 7) is 3.36. The van der Waals surface area contributed by atoms with Gasteiger partial charge in [-0.05, 0) is 13.3 Å². The number of ether oxygens (including phenoxy) is 1.